The van der Waals surface area contributed by atoms with Gasteiger partial charge in [0.25, 0.3) is 5.91 Å². The Kier molecular flexibility index (Phi) is 8.80. The summed E-state index contributed by atoms with van der Waals surface area (Å²) in [7, 11) is 6.71. The van der Waals surface area contributed by atoms with Crippen molar-refractivity contribution in [3.05, 3.63) is 48.0 Å². The number of hydrogen-bond acceptors (Lipinski definition) is 5. The first-order valence-electron chi connectivity index (χ1n) is 9.67. The number of nitrogens with zero attached hydrogens (tertiary/aromatic N) is 2. The molecule has 2 rings (SSSR count). The van der Waals surface area contributed by atoms with Gasteiger partial charge in [-0.3, -0.25) is 9.79 Å². The van der Waals surface area contributed by atoms with Crippen LogP contribution in [0.25, 0.3) is 0 Å². The van der Waals surface area contributed by atoms with Crippen LogP contribution in [0.15, 0.2) is 47.5 Å². The summed E-state index contributed by atoms with van der Waals surface area (Å²) in [5.41, 5.74) is 1.82. The van der Waals surface area contributed by atoms with Crippen LogP contribution in [-0.2, 0) is 11.3 Å². The van der Waals surface area contributed by atoms with E-state index in [1.807, 2.05) is 49.4 Å². The van der Waals surface area contributed by atoms with E-state index in [-0.39, 0.29) is 12.5 Å². The van der Waals surface area contributed by atoms with Crippen molar-refractivity contribution in [3.63, 3.8) is 0 Å². The zero-order chi connectivity index (χ0) is 21.9. The van der Waals surface area contributed by atoms with E-state index in [1.54, 1.807) is 28.3 Å². The molecule has 1 amide bonds. The van der Waals surface area contributed by atoms with Gasteiger partial charge in [0.2, 0.25) is 0 Å². The van der Waals surface area contributed by atoms with Crippen molar-refractivity contribution in [3.8, 4) is 17.2 Å². The molecule has 2 aromatic rings. The first-order chi connectivity index (χ1) is 14.5. The number of methoxy groups -OCH3 is 1. The number of ether oxygens (including phenoxy) is 3. The van der Waals surface area contributed by atoms with E-state index >= 15 is 0 Å². The monoisotopic (exact) mass is 414 g/mol. The highest BCUT2D eigenvalue weighted by Gasteiger charge is 2.08. The highest BCUT2D eigenvalue weighted by Crippen LogP contribution is 2.30. The van der Waals surface area contributed by atoms with Gasteiger partial charge in [0, 0.05) is 39.4 Å². The maximum atomic E-state index is 11.7. The van der Waals surface area contributed by atoms with Crippen LogP contribution < -0.4 is 24.8 Å². The minimum atomic E-state index is -0.0888. The SMILES string of the molecule is CCOc1cc(NC(=NC)NCc2cccc(OCC(=O)N(C)C)c2)ccc1OC. The molecule has 0 spiro atoms. The number of benzene rings is 2. The Balaban J connectivity index is 1.97. The number of nitrogens with one attached hydrogen (secondary N) is 2. The molecular formula is C22H30N4O4. The molecular weight excluding hydrogens is 384 g/mol. The van der Waals surface area contributed by atoms with Crippen LogP contribution in [0.5, 0.6) is 17.2 Å². The zero-order valence-electron chi connectivity index (χ0n) is 18.2. The van der Waals surface area contributed by atoms with Gasteiger partial charge in [-0.1, -0.05) is 12.1 Å². The fourth-order valence-corrected chi connectivity index (χ4v) is 2.54. The second-order valence-electron chi connectivity index (χ2n) is 6.57. The van der Waals surface area contributed by atoms with Gasteiger partial charge >= 0.3 is 0 Å². The van der Waals surface area contributed by atoms with Gasteiger partial charge in [-0.25, -0.2) is 0 Å². The molecule has 0 bridgehead atoms. The molecule has 8 heteroatoms. The molecule has 0 aromatic heterocycles. The standard InChI is InChI=1S/C22H30N4O4/c1-6-29-20-13-17(10-11-19(20)28-5)25-22(23-2)24-14-16-8-7-9-18(12-16)30-15-21(27)26(3)4/h7-13H,6,14-15H2,1-5H3,(H2,23,24,25). The van der Waals surface area contributed by atoms with E-state index in [9.17, 15) is 4.79 Å². The lowest BCUT2D eigenvalue weighted by atomic mass is 10.2. The predicted octanol–water partition coefficient (Wildman–Crippen LogP) is 2.75. The van der Waals surface area contributed by atoms with E-state index < -0.39 is 0 Å². The summed E-state index contributed by atoms with van der Waals surface area (Å²) in [5, 5.41) is 6.50. The Bertz CT molecular complexity index is 868. The molecule has 2 N–H and O–H groups in total. The number of guanidine groups is 1. The van der Waals surface area contributed by atoms with Crippen molar-refractivity contribution in [2.45, 2.75) is 13.5 Å². The molecule has 0 aliphatic rings. The second-order valence-corrected chi connectivity index (χ2v) is 6.57. The molecule has 0 saturated carbocycles. The third kappa shape index (κ3) is 6.88. The molecule has 0 radical (unpaired) electrons. The maximum Gasteiger partial charge on any atom is 0.259 e. The highest BCUT2D eigenvalue weighted by atomic mass is 16.5. The second kappa shape index (κ2) is 11.5. The lowest BCUT2D eigenvalue weighted by Crippen LogP contribution is -2.30. The smallest absolute Gasteiger partial charge is 0.259 e. The van der Waals surface area contributed by atoms with E-state index in [1.165, 1.54) is 4.90 Å². The van der Waals surface area contributed by atoms with Crippen LogP contribution in [0.1, 0.15) is 12.5 Å². The normalized spacial score (nSPS) is 10.9. The zero-order valence-corrected chi connectivity index (χ0v) is 18.2. The van der Waals surface area contributed by atoms with Crippen molar-refractivity contribution >= 4 is 17.6 Å². The molecule has 0 aliphatic carbocycles. The van der Waals surface area contributed by atoms with E-state index in [2.05, 4.69) is 15.6 Å². The number of carbonyl (C=O) groups excluding carboxylic acids is 1. The number of rotatable bonds is 9. The molecule has 0 fully saturated rings. The molecule has 8 nitrogen and oxygen atoms in total. The van der Waals surface area contributed by atoms with E-state index in [0.29, 0.717) is 36.4 Å². The quantitative estimate of drug-likeness (QED) is 0.485. The summed E-state index contributed by atoms with van der Waals surface area (Å²) in [6, 6.07) is 13.2. The summed E-state index contributed by atoms with van der Waals surface area (Å²) in [6.45, 7) is 3.01. The lowest BCUT2D eigenvalue weighted by Gasteiger charge is -2.15. The predicted molar refractivity (Wildman–Crippen MR) is 119 cm³/mol. The lowest BCUT2D eigenvalue weighted by molar-refractivity contribution is -0.130. The van der Waals surface area contributed by atoms with E-state index in [0.717, 1.165) is 11.3 Å². The van der Waals surface area contributed by atoms with Crippen LogP contribution in [0, 0.1) is 0 Å². The van der Waals surface area contributed by atoms with Crippen molar-refractivity contribution in [2.75, 3.05) is 46.8 Å². The Labute approximate surface area is 177 Å². The van der Waals surface area contributed by atoms with Gasteiger partial charge in [0.15, 0.2) is 24.1 Å². The minimum Gasteiger partial charge on any atom is -0.493 e. The average Bonchev–Trinajstić information content (AvgIpc) is 2.75. The number of anilines is 1. The molecule has 162 valence electrons. The van der Waals surface area contributed by atoms with Crippen LogP contribution in [0.4, 0.5) is 5.69 Å². The van der Waals surface area contributed by atoms with Crippen molar-refractivity contribution < 1.29 is 19.0 Å². The van der Waals surface area contributed by atoms with Crippen LogP contribution in [0.3, 0.4) is 0 Å². The number of hydrogen-bond donors (Lipinski definition) is 2. The van der Waals surface area contributed by atoms with Gasteiger partial charge in [-0.05, 0) is 36.8 Å². The molecule has 0 saturated heterocycles. The summed E-state index contributed by atoms with van der Waals surface area (Å²) in [6.07, 6.45) is 0. The van der Waals surface area contributed by atoms with Crippen LogP contribution in [0.2, 0.25) is 0 Å². The molecule has 0 aliphatic heterocycles. The first-order valence-corrected chi connectivity index (χ1v) is 9.67. The molecule has 30 heavy (non-hydrogen) atoms. The van der Waals surface area contributed by atoms with E-state index in [4.69, 9.17) is 14.2 Å². The maximum absolute atomic E-state index is 11.7. The van der Waals surface area contributed by atoms with Gasteiger partial charge in [-0.15, -0.1) is 0 Å². The van der Waals surface area contributed by atoms with Crippen molar-refractivity contribution in [2.24, 2.45) is 4.99 Å². The van der Waals surface area contributed by atoms with Gasteiger partial charge in [0.1, 0.15) is 5.75 Å². The summed E-state index contributed by atoms with van der Waals surface area (Å²) >= 11 is 0. The molecule has 2 aromatic carbocycles. The molecule has 0 atom stereocenters. The highest BCUT2D eigenvalue weighted by molar-refractivity contribution is 5.93. The van der Waals surface area contributed by atoms with Gasteiger partial charge < -0.3 is 29.7 Å². The van der Waals surface area contributed by atoms with Crippen molar-refractivity contribution in [1.29, 1.82) is 0 Å². The Morgan fingerprint density at radius 1 is 1.10 bits per heavy atom. The molecule has 0 heterocycles. The Hall–Kier alpha value is -3.42. The number of likely N-dealkylation sites (N-methyl/N-ethyl adjacent to an activating group) is 1. The largest absolute Gasteiger partial charge is 0.493 e. The topological polar surface area (TPSA) is 84.4 Å². The van der Waals surface area contributed by atoms with Gasteiger partial charge in [-0.2, -0.15) is 0 Å². The van der Waals surface area contributed by atoms with Gasteiger partial charge in [0.05, 0.1) is 13.7 Å². The summed E-state index contributed by atoms with van der Waals surface area (Å²) in [5.74, 6) is 2.50. The fourth-order valence-electron chi connectivity index (χ4n) is 2.54. The van der Waals surface area contributed by atoms with Crippen LogP contribution in [-0.4, -0.2) is 58.2 Å². The van der Waals surface area contributed by atoms with Crippen molar-refractivity contribution in [1.82, 2.24) is 10.2 Å². The molecule has 0 unspecified atom stereocenters. The number of amides is 1. The third-order valence-electron chi connectivity index (χ3n) is 4.17. The Morgan fingerprint density at radius 2 is 1.90 bits per heavy atom. The Morgan fingerprint density at radius 3 is 2.57 bits per heavy atom. The summed E-state index contributed by atoms with van der Waals surface area (Å²) < 4.78 is 16.5. The fraction of sp³-hybridized carbons (Fsp3) is 0.364. The summed E-state index contributed by atoms with van der Waals surface area (Å²) in [4.78, 5) is 17.4. The number of aliphatic imine (C=N–C) groups is 1. The first kappa shape index (κ1) is 22.9. The number of carbonyl (C=O) groups is 1. The average molecular weight is 415 g/mol. The third-order valence-corrected chi connectivity index (χ3v) is 4.17. The minimum absolute atomic E-state index is 0.00669. The van der Waals surface area contributed by atoms with Crippen LogP contribution >= 0.6 is 0 Å².